The first-order valence-electron chi connectivity index (χ1n) is 14.9. The van der Waals surface area contributed by atoms with Crippen molar-refractivity contribution in [3.63, 3.8) is 0 Å². The first-order valence-corrected chi connectivity index (χ1v) is 15.7. The number of ether oxygens (including phenoxy) is 2. The highest BCUT2D eigenvalue weighted by Gasteiger charge is 2.33. The van der Waals surface area contributed by atoms with Crippen molar-refractivity contribution >= 4 is 29.0 Å². The molecule has 2 saturated carbocycles. The Morgan fingerprint density at radius 3 is 2.40 bits per heavy atom. The Balaban J connectivity index is 1.32. The van der Waals surface area contributed by atoms with Gasteiger partial charge in [0.25, 0.3) is 5.19 Å². The number of carbonyl (C=O) groups excluding carboxylic acids is 1. The van der Waals surface area contributed by atoms with Gasteiger partial charge in [0.05, 0.1) is 19.1 Å². The molecule has 0 saturated heterocycles. The van der Waals surface area contributed by atoms with Crippen molar-refractivity contribution in [2.75, 3.05) is 25.7 Å². The number of hydrogen-bond acceptors (Lipinski definition) is 6. The van der Waals surface area contributed by atoms with Crippen LogP contribution in [0, 0.1) is 18.8 Å². The third kappa shape index (κ3) is 7.06. The van der Waals surface area contributed by atoms with Crippen LogP contribution in [0.5, 0.6) is 10.9 Å². The first-order chi connectivity index (χ1) is 20.3. The molecule has 224 valence electrons. The quantitative estimate of drug-likeness (QED) is 0.271. The lowest BCUT2D eigenvalue weighted by Crippen LogP contribution is -2.44. The predicted molar refractivity (Wildman–Crippen MR) is 166 cm³/mol. The second kappa shape index (κ2) is 13.6. The van der Waals surface area contributed by atoms with E-state index in [-0.39, 0.29) is 17.9 Å². The zero-order valence-electron chi connectivity index (χ0n) is 24.7. The number of amides is 2. The standard InChI is InChI=1S/C33H41N3O5S/c1-21-17-25(13-16-29(21)40-2)23-9-7-22(8-10-23)20-36(31(37)24-11-14-27(15-12-24)35-32(38)39)28-6-4-5-26(18-28)30-19-34-33(41-3)42-30/h4-6,13,16-19,22-24,27,35H,7-12,14-15,20H2,1-3H3,(H,38,39)/t22-,23-,24-,27-. The molecule has 42 heavy (non-hydrogen) atoms. The van der Waals surface area contributed by atoms with E-state index in [1.165, 1.54) is 22.5 Å². The van der Waals surface area contributed by atoms with Gasteiger partial charge >= 0.3 is 6.09 Å². The maximum Gasteiger partial charge on any atom is 0.404 e. The molecule has 8 nitrogen and oxygen atoms in total. The van der Waals surface area contributed by atoms with Gasteiger partial charge in [0.1, 0.15) is 5.75 Å². The number of nitrogens with one attached hydrogen (secondary N) is 1. The lowest BCUT2D eigenvalue weighted by atomic mass is 9.78. The van der Waals surface area contributed by atoms with Crippen molar-refractivity contribution in [3.05, 3.63) is 59.8 Å². The van der Waals surface area contributed by atoms with Gasteiger partial charge in [-0.25, -0.2) is 9.78 Å². The van der Waals surface area contributed by atoms with Crippen molar-refractivity contribution in [3.8, 4) is 21.4 Å². The SMILES string of the molecule is COc1ncc(-c2cccc(N(C[C@H]3CC[C@H](c4ccc(OC)c(C)c4)CC3)C(=O)[C@H]3CC[C@H](NC(=O)O)CC3)c2)s1. The number of carbonyl (C=O) groups is 2. The van der Waals surface area contributed by atoms with Gasteiger partial charge < -0.3 is 24.8 Å². The van der Waals surface area contributed by atoms with Crippen molar-refractivity contribution in [1.29, 1.82) is 0 Å². The molecule has 0 aliphatic heterocycles. The summed E-state index contributed by atoms with van der Waals surface area (Å²) in [5.41, 5.74) is 4.46. The normalized spacial score (nSPS) is 22.3. The van der Waals surface area contributed by atoms with Crippen LogP contribution in [-0.2, 0) is 4.79 Å². The van der Waals surface area contributed by atoms with Gasteiger partial charge in [-0.1, -0.05) is 35.6 Å². The van der Waals surface area contributed by atoms with Crippen LogP contribution in [0.4, 0.5) is 10.5 Å². The molecule has 0 unspecified atom stereocenters. The monoisotopic (exact) mass is 591 g/mol. The van der Waals surface area contributed by atoms with Gasteiger partial charge in [-0.3, -0.25) is 4.79 Å². The predicted octanol–water partition coefficient (Wildman–Crippen LogP) is 7.27. The highest BCUT2D eigenvalue weighted by atomic mass is 32.1. The maximum atomic E-state index is 14.1. The summed E-state index contributed by atoms with van der Waals surface area (Å²) < 4.78 is 10.8. The molecule has 0 spiro atoms. The zero-order chi connectivity index (χ0) is 29.6. The summed E-state index contributed by atoms with van der Waals surface area (Å²) in [7, 11) is 3.33. The van der Waals surface area contributed by atoms with Gasteiger partial charge in [0, 0.05) is 30.4 Å². The van der Waals surface area contributed by atoms with Crippen LogP contribution in [0.25, 0.3) is 10.4 Å². The smallest absolute Gasteiger partial charge is 0.404 e. The van der Waals surface area contributed by atoms with Crippen molar-refractivity contribution in [1.82, 2.24) is 10.3 Å². The summed E-state index contributed by atoms with van der Waals surface area (Å²) in [6.45, 7) is 2.79. The molecule has 2 aromatic carbocycles. The molecule has 2 aliphatic carbocycles. The Labute approximate surface area is 252 Å². The van der Waals surface area contributed by atoms with Gasteiger partial charge in [-0.05, 0) is 105 Å². The molecule has 9 heteroatoms. The Kier molecular flexibility index (Phi) is 9.67. The topological polar surface area (TPSA) is 101 Å². The third-order valence-electron chi connectivity index (χ3n) is 8.95. The van der Waals surface area contributed by atoms with Crippen LogP contribution >= 0.6 is 11.3 Å². The minimum Gasteiger partial charge on any atom is -0.496 e. The molecule has 3 aromatic rings. The number of carboxylic acid groups (broad SMARTS) is 1. The number of aromatic nitrogens is 1. The van der Waals surface area contributed by atoms with Crippen molar-refractivity contribution in [2.24, 2.45) is 11.8 Å². The lowest BCUT2D eigenvalue weighted by molar-refractivity contribution is -0.123. The van der Waals surface area contributed by atoms with Gasteiger partial charge in [0.15, 0.2) is 0 Å². The van der Waals surface area contributed by atoms with Crippen molar-refractivity contribution < 1.29 is 24.2 Å². The molecule has 1 aromatic heterocycles. The van der Waals surface area contributed by atoms with Crippen LogP contribution in [-0.4, -0.2) is 48.9 Å². The molecule has 1 heterocycles. The average molecular weight is 592 g/mol. The molecule has 5 rings (SSSR count). The van der Waals surface area contributed by atoms with E-state index in [4.69, 9.17) is 14.6 Å². The van der Waals surface area contributed by atoms with E-state index >= 15 is 0 Å². The van der Waals surface area contributed by atoms with Gasteiger partial charge in [0.2, 0.25) is 5.91 Å². The Morgan fingerprint density at radius 1 is 1.00 bits per heavy atom. The van der Waals surface area contributed by atoms with Gasteiger partial charge in [-0.2, -0.15) is 0 Å². The number of thiazole rings is 1. The Hall–Kier alpha value is -3.59. The Morgan fingerprint density at radius 2 is 1.76 bits per heavy atom. The number of methoxy groups -OCH3 is 2. The fourth-order valence-electron chi connectivity index (χ4n) is 6.61. The van der Waals surface area contributed by atoms with E-state index in [0.29, 0.717) is 49.3 Å². The second-order valence-corrected chi connectivity index (χ2v) is 12.6. The summed E-state index contributed by atoms with van der Waals surface area (Å²) in [5.74, 6) is 1.91. The van der Waals surface area contributed by atoms with Crippen molar-refractivity contribution in [2.45, 2.75) is 70.3 Å². The lowest BCUT2D eigenvalue weighted by Gasteiger charge is -2.36. The van der Waals surface area contributed by atoms with E-state index in [1.807, 2.05) is 29.3 Å². The first kappa shape index (κ1) is 29.9. The summed E-state index contributed by atoms with van der Waals surface area (Å²) in [4.78, 5) is 32.6. The Bertz CT molecular complexity index is 1380. The number of rotatable bonds is 9. The van der Waals surface area contributed by atoms with E-state index in [1.54, 1.807) is 14.2 Å². The van der Waals surface area contributed by atoms with E-state index in [2.05, 4.69) is 41.5 Å². The number of aryl methyl sites for hydroxylation is 1. The summed E-state index contributed by atoms with van der Waals surface area (Å²) in [6.07, 6.45) is 7.91. The molecule has 2 fully saturated rings. The largest absolute Gasteiger partial charge is 0.496 e. The minimum atomic E-state index is -0.997. The fourth-order valence-corrected chi connectivity index (χ4v) is 7.33. The van der Waals surface area contributed by atoms with Crippen LogP contribution in [0.2, 0.25) is 0 Å². The molecule has 2 N–H and O–H groups in total. The highest BCUT2D eigenvalue weighted by molar-refractivity contribution is 7.16. The van der Waals surface area contributed by atoms with E-state index < -0.39 is 6.09 Å². The molecule has 2 amide bonds. The van der Waals surface area contributed by atoms with Crippen LogP contribution in [0.3, 0.4) is 0 Å². The maximum absolute atomic E-state index is 14.1. The minimum absolute atomic E-state index is 0.0819. The third-order valence-corrected chi connectivity index (χ3v) is 9.96. The van der Waals surface area contributed by atoms with Crippen LogP contribution in [0.15, 0.2) is 48.7 Å². The number of hydrogen-bond donors (Lipinski definition) is 2. The number of benzene rings is 2. The fraction of sp³-hybridized carbons (Fsp3) is 0.485. The summed E-state index contributed by atoms with van der Waals surface area (Å²) in [6, 6.07) is 14.6. The van der Waals surface area contributed by atoms with Gasteiger partial charge in [-0.15, -0.1) is 0 Å². The molecular weight excluding hydrogens is 550 g/mol. The highest BCUT2D eigenvalue weighted by Crippen LogP contribution is 2.39. The number of anilines is 1. The summed E-state index contributed by atoms with van der Waals surface area (Å²) >= 11 is 1.49. The molecule has 2 aliphatic rings. The molecule has 0 bridgehead atoms. The average Bonchev–Trinajstić information content (AvgIpc) is 3.50. The van der Waals surface area contributed by atoms with Crippen LogP contribution < -0.4 is 19.7 Å². The number of nitrogens with zero attached hydrogens (tertiary/aromatic N) is 2. The molecular formula is C33H41N3O5S. The zero-order valence-corrected chi connectivity index (χ0v) is 25.5. The van der Waals surface area contributed by atoms with Crippen LogP contribution in [0.1, 0.15) is 68.4 Å². The molecule has 0 radical (unpaired) electrons. The molecule has 0 atom stereocenters. The second-order valence-electron chi connectivity index (χ2n) is 11.6. The van der Waals surface area contributed by atoms with E-state index in [0.717, 1.165) is 47.6 Å². The summed E-state index contributed by atoms with van der Waals surface area (Å²) in [5, 5.41) is 12.3. The van der Waals surface area contributed by atoms with E-state index in [9.17, 15) is 9.59 Å².